The highest BCUT2D eigenvalue weighted by atomic mass is 35.5. The lowest BCUT2D eigenvalue weighted by Crippen LogP contribution is -2.46. The quantitative estimate of drug-likeness (QED) is 0.299. The van der Waals surface area contributed by atoms with Crippen LogP contribution in [-0.2, 0) is 6.54 Å². The van der Waals surface area contributed by atoms with Gasteiger partial charge in [-0.2, -0.15) is 0 Å². The van der Waals surface area contributed by atoms with E-state index in [1.807, 2.05) is 47.0 Å². The molecule has 1 aromatic carbocycles. The Morgan fingerprint density at radius 3 is 2.58 bits per heavy atom. The second kappa shape index (κ2) is 10.8. The molecule has 4 heterocycles. The molecule has 0 unspecified atom stereocenters. The normalized spacial score (nSPS) is 15.0. The summed E-state index contributed by atoms with van der Waals surface area (Å²) >= 11 is 13.6. The van der Waals surface area contributed by atoms with Gasteiger partial charge in [-0.15, -0.1) is 11.3 Å². The third-order valence-electron chi connectivity index (χ3n) is 6.41. The Morgan fingerprint density at radius 2 is 1.92 bits per heavy atom. The van der Waals surface area contributed by atoms with Gasteiger partial charge in [0.05, 0.1) is 15.8 Å². The fraction of sp³-hybridized carbons (Fsp3) is 0.346. The minimum atomic E-state index is -0.166. The summed E-state index contributed by atoms with van der Waals surface area (Å²) in [5.41, 5.74) is 1.95. The van der Waals surface area contributed by atoms with E-state index >= 15 is 0 Å². The smallest absolute Gasteiger partial charge is 0.271 e. The van der Waals surface area contributed by atoms with Crippen molar-refractivity contribution in [1.82, 2.24) is 24.9 Å². The summed E-state index contributed by atoms with van der Waals surface area (Å²) in [6, 6.07) is 13.7. The Balaban J connectivity index is 1.37. The summed E-state index contributed by atoms with van der Waals surface area (Å²) in [5, 5.41) is 8.05. The number of amides is 1. The number of thiophene rings is 1. The van der Waals surface area contributed by atoms with Gasteiger partial charge in [0.2, 0.25) is 0 Å². The van der Waals surface area contributed by atoms with E-state index < -0.39 is 0 Å². The molecule has 0 aliphatic carbocycles. The highest BCUT2D eigenvalue weighted by Crippen LogP contribution is 2.32. The van der Waals surface area contributed by atoms with Gasteiger partial charge >= 0.3 is 0 Å². The molecule has 188 valence electrons. The Labute approximate surface area is 224 Å². The summed E-state index contributed by atoms with van der Waals surface area (Å²) in [6.45, 7) is 6.77. The molecule has 0 atom stereocenters. The summed E-state index contributed by atoms with van der Waals surface area (Å²) in [4.78, 5) is 21.2. The molecule has 0 spiro atoms. The molecule has 10 heteroatoms. The molecule has 7 nitrogen and oxygen atoms in total. The molecule has 1 amide bonds. The SMILES string of the molecule is CC(C)N1CCC(NC(=O)c2cn(Cc3cc(-c4ccc(Cl)s4)on3)c(-c3ccc(Cl)cc3)n2)CC1. The summed E-state index contributed by atoms with van der Waals surface area (Å²) in [5.74, 6) is 1.15. The maximum absolute atomic E-state index is 13.2. The third kappa shape index (κ3) is 5.67. The van der Waals surface area contributed by atoms with Crippen molar-refractivity contribution in [3.05, 3.63) is 69.4 Å². The monoisotopic (exact) mass is 543 g/mol. The molecule has 0 bridgehead atoms. The van der Waals surface area contributed by atoms with Gasteiger partial charge in [0, 0.05) is 48.0 Å². The number of nitrogens with zero attached hydrogens (tertiary/aromatic N) is 4. The zero-order valence-electron chi connectivity index (χ0n) is 20.1. The standard InChI is InChI=1S/C26H27Cl2N5O2S/c1-16(2)32-11-9-19(10-12-32)29-26(34)21-15-33(25(30-21)17-3-5-18(27)6-4-17)14-20-13-22(35-31-20)23-7-8-24(28)36-23/h3-8,13,15-16,19H,9-12,14H2,1-2H3,(H,29,34). The van der Waals surface area contributed by atoms with E-state index in [2.05, 4.69) is 29.2 Å². The van der Waals surface area contributed by atoms with Gasteiger partial charge in [-0.3, -0.25) is 4.79 Å². The second-order valence-corrected chi connectivity index (χ2v) is 11.4. The van der Waals surface area contributed by atoms with Crippen molar-refractivity contribution < 1.29 is 9.32 Å². The molecule has 0 radical (unpaired) electrons. The number of benzene rings is 1. The van der Waals surface area contributed by atoms with Crippen molar-refractivity contribution in [1.29, 1.82) is 0 Å². The van der Waals surface area contributed by atoms with Crippen molar-refractivity contribution in [3.8, 4) is 22.0 Å². The number of halogens is 2. The average molecular weight is 545 g/mol. The number of nitrogens with one attached hydrogen (secondary N) is 1. The number of piperidine rings is 1. The molecule has 1 fully saturated rings. The van der Waals surface area contributed by atoms with Crippen LogP contribution in [0.3, 0.4) is 0 Å². The molecular formula is C26H27Cl2N5O2S. The van der Waals surface area contributed by atoms with Crippen molar-refractivity contribution >= 4 is 40.4 Å². The number of hydrogen-bond acceptors (Lipinski definition) is 6. The lowest BCUT2D eigenvalue weighted by Gasteiger charge is -2.34. The molecule has 0 saturated carbocycles. The molecule has 1 aliphatic heterocycles. The van der Waals surface area contributed by atoms with Gasteiger partial charge in [-0.25, -0.2) is 4.98 Å². The fourth-order valence-electron chi connectivity index (χ4n) is 4.42. The molecule has 1 saturated heterocycles. The van der Waals surface area contributed by atoms with Crippen LogP contribution in [0.25, 0.3) is 22.0 Å². The minimum absolute atomic E-state index is 0.146. The van der Waals surface area contributed by atoms with E-state index in [0.717, 1.165) is 42.1 Å². The number of aromatic nitrogens is 3. The van der Waals surface area contributed by atoms with Crippen molar-refractivity contribution in [2.24, 2.45) is 0 Å². The number of hydrogen-bond donors (Lipinski definition) is 1. The van der Waals surface area contributed by atoms with Gasteiger partial charge in [0.25, 0.3) is 5.91 Å². The zero-order valence-corrected chi connectivity index (χ0v) is 22.4. The van der Waals surface area contributed by atoms with Gasteiger partial charge in [-0.05, 0) is 63.1 Å². The Bertz CT molecular complexity index is 1340. The predicted octanol–water partition coefficient (Wildman–Crippen LogP) is 6.22. The van der Waals surface area contributed by atoms with E-state index in [-0.39, 0.29) is 11.9 Å². The molecule has 1 aliphatic rings. The first-order chi connectivity index (χ1) is 17.4. The van der Waals surface area contributed by atoms with Crippen LogP contribution in [0.15, 0.2) is 53.2 Å². The van der Waals surface area contributed by atoms with Crippen LogP contribution < -0.4 is 5.32 Å². The molecule has 36 heavy (non-hydrogen) atoms. The van der Waals surface area contributed by atoms with Crippen molar-refractivity contribution in [2.75, 3.05) is 13.1 Å². The summed E-state index contributed by atoms with van der Waals surface area (Å²) in [6.07, 6.45) is 3.64. The molecule has 3 aromatic heterocycles. The van der Waals surface area contributed by atoms with E-state index in [4.69, 9.17) is 32.7 Å². The lowest BCUT2D eigenvalue weighted by molar-refractivity contribution is 0.0896. The molecule has 5 rings (SSSR count). The number of carbonyl (C=O) groups excluding carboxylic acids is 1. The molecule has 4 aromatic rings. The number of rotatable bonds is 7. The van der Waals surface area contributed by atoms with Crippen LogP contribution in [0.2, 0.25) is 9.36 Å². The number of likely N-dealkylation sites (tertiary alicyclic amines) is 1. The zero-order chi connectivity index (χ0) is 25.2. The summed E-state index contributed by atoms with van der Waals surface area (Å²) in [7, 11) is 0. The van der Waals surface area contributed by atoms with Crippen LogP contribution in [0.4, 0.5) is 0 Å². The Hall–Kier alpha value is -2.65. The topological polar surface area (TPSA) is 76.2 Å². The van der Waals surface area contributed by atoms with Crippen LogP contribution in [0, 0.1) is 0 Å². The van der Waals surface area contributed by atoms with E-state index in [1.54, 1.807) is 6.20 Å². The van der Waals surface area contributed by atoms with Gasteiger partial charge < -0.3 is 19.3 Å². The highest BCUT2D eigenvalue weighted by molar-refractivity contribution is 7.19. The van der Waals surface area contributed by atoms with Crippen LogP contribution >= 0.6 is 34.5 Å². The van der Waals surface area contributed by atoms with E-state index in [9.17, 15) is 4.79 Å². The van der Waals surface area contributed by atoms with Gasteiger partial charge in [0.1, 0.15) is 17.2 Å². The molecule has 1 N–H and O–H groups in total. The third-order valence-corrected chi connectivity index (χ3v) is 7.91. The van der Waals surface area contributed by atoms with Crippen LogP contribution in [0.1, 0.15) is 42.9 Å². The van der Waals surface area contributed by atoms with Gasteiger partial charge in [0.15, 0.2) is 5.76 Å². The first kappa shape index (κ1) is 25.0. The largest absolute Gasteiger partial charge is 0.355 e. The minimum Gasteiger partial charge on any atom is -0.355 e. The second-order valence-electron chi connectivity index (χ2n) is 9.25. The lowest BCUT2D eigenvalue weighted by atomic mass is 10.0. The summed E-state index contributed by atoms with van der Waals surface area (Å²) < 4.78 is 8.15. The first-order valence-electron chi connectivity index (χ1n) is 11.9. The average Bonchev–Trinajstić information content (AvgIpc) is 3.60. The van der Waals surface area contributed by atoms with Crippen molar-refractivity contribution in [3.63, 3.8) is 0 Å². The maximum atomic E-state index is 13.2. The molecular weight excluding hydrogens is 517 g/mol. The number of imidazole rings is 1. The predicted molar refractivity (Wildman–Crippen MR) is 144 cm³/mol. The van der Waals surface area contributed by atoms with E-state index in [0.29, 0.717) is 39.2 Å². The van der Waals surface area contributed by atoms with Crippen LogP contribution in [-0.4, -0.2) is 50.7 Å². The van der Waals surface area contributed by atoms with Crippen LogP contribution in [0.5, 0.6) is 0 Å². The first-order valence-corrected chi connectivity index (χ1v) is 13.5. The Morgan fingerprint density at radius 1 is 1.17 bits per heavy atom. The van der Waals surface area contributed by atoms with Gasteiger partial charge in [-0.1, -0.05) is 28.4 Å². The maximum Gasteiger partial charge on any atom is 0.271 e. The number of carbonyl (C=O) groups is 1. The van der Waals surface area contributed by atoms with Crippen molar-refractivity contribution in [2.45, 2.75) is 45.3 Å². The fourth-order valence-corrected chi connectivity index (χ4v) is 5.54. The Kier molecular flexibility index (Phi) is 7.48. The highest BCUT2D eigenvalue weighted by Gasteiger charge is 2.24. The van der Waals surface area contributed by atoms with E-state index in [1.165, 1.54) is 11.3 Å².